The Bertz CT molecular complexity index is 816. The van der Waals surface area contributed by atoms with Crippen molar-refractivity contribution in [1.29, 1.82) is 0 Å². The summed E-state index contributed by atoms with van der Waals surface area (Å²) in [6.07, 6.45) is 3.62. The highest BCUT2D eigenvalue weighted by molar-refractivity contribution is 7.07. The first-order valence-corrected chi connectivity index (χ1v) is 10.0. The van der Waals surface area contributed by atoms with Crippen molar-refractivity contribution in [2.75, 3.05) is 13.1 Å². The lowest BCUT2D eigenvalue weighted by atomic mass is 9.94. The minimum Gasteiger partial charge on any atom is -0.336 e. The van der Waals surface area contributed by atoms with Gasteiger partial charge in [0.2, 0.25) is 5.91 Å². The van der Waals surface area contributed by atoms with Crippen molar-refractivity contribution in [3.8, 4) is 0 Å². The summed E-state index contributed by atoms with van der Waals surface area (Å²) in [6.45, 7) is 6.23. The van der Waals surface area contributed by atoms with E-state index in [0.717, 1.165) is 30.8 Å². The number of piperidine rings is 1. The third-order valence-corrected chi connectivity index (χ3v) is 6.03. The van der Waals surface area contributed by atoms with E-state index in [1.807, 2.05) is 35.2 Å². The maximum atomic E-state index is 13.1. The highest BCUT2D eigenvalue weighted by atomic mass is 32.1. The second-order valence-corrected chi connectivity index (χ2v) is 7.79. The molecule has 2 aromatic heterocycles. The number of amides is 2. The molecule has 3 saturated heterocycles. The number of carbonyl (C=O) groups excluding carboxylic acids is 2. The molecule has 0 N–H and O–H groups in total. The van der Waals surface area contributed by atoms with Crippen LogP contribution < -0.4 is 0 Å². The summed E-state index contributed by atoms with van der Waals surface area (Å²) in [5.74, 6) is 0.0331. The first-order chi connectivity index (χ1) is 12.6. The van der Waals surface area contributed by atoms with Gasteiger partial charge in [0.05, 0.1) is 34.9 Å². The second kappa shape index (κ2) is 6.83. The number of fused-ring (bicyclic) bond motifs is 4. The fourth-order valence-corrected chi connectivity index (χ4v) is 4.51. The van der Waals surface area contributed by atoms with Gasteiger partial charge in [0, 0.05) is 37.3 Å². The number of hydrogen-bond acceptors (Lipinski definition) is 5. The van der Waals surface area contributed by atoms with Crippen LogP contribution in [-0.2, 0) is 17.9 Å². The number of aromatic nitrogens is 3. The van der Waals surface area contributed by atoms with Crippen molar-refractivity contribution in [2.45, 2.75) is 45.8 Å². The van der Waals surface area contributed by atoms with E-state index < -0.39 is 0 Å². The first kappa shape index (κ1) is 17.2. The zero-order chi connectivity index (χ0) is 18.3. The average molecular weight is 373 g/mol. The molecule has 0 saturated carbocycles. The van der Waals surface area contributed by atoms with Gasteiger partial charge in [-0.05, 0) is 26.7 Å². The zero-order valence-electron chi connectivity index (χ0n) is 15.1. The van der Waals surface area contributed by atoms with E-state index in [9.17, 15) is 9.59 Å². The Morgan fingerprint density at radius 3 is 2.88 bits per heavy atom. The Balaban J connectivity index is 1.56. The van der Waals surface area contributed by atoms with Crippen molar-refractivity contribution in [3.63, 3.8) is 0 Å². The highest BCUT2D eigenvalue weighted by Crippen LogP contribution is 2.31. The number of rotatable bonds is 4. The molecule has 8 heteroatoms. The molecule has 2 atom stereocenters. The molecule has 7 nitrogen and oxygen atoms in total. The van der Waals surface area contributed by atoms with Crippen molar-refractivity contribution in [2.24, 2.45) is 5.92 Å². The molecule has 3 aliphatic rings. The van der Waals surface area contributed by atoms with Crippen LogP contribution in [0.25, 0.3) is 0 Å². The minimum atomic E-state index is -0.113. The van der Waals surface area contributed by atoms with Gasteiger partial charge in [-0.2, -0.15) is 5.10 Å². The minimum absolute atomic E-state index is 0.0117. The van der Waals surface area contributed by atoms with Crippen LogP contribution in [0.5, 0.6) is 0 Å². The Hall–Kier alpha value is -2.22. The predicted octanol–water partition coefficient (Wildman–Crippen LogP) is 1.93. The van der Waals surface area contributed by atoms with Gasteiger partial charge < -0.3 is 9.80 Å². The van der Waals surface area contributed by atoms with Crippen LogP contribution in [0, 0.1) is 12.8 Å². The van der Waals surface area contributed by atoms with Gasteiger partial charge in [-0.15, -0.1) is 11.3 Å². The number of aryl methyl sites for hydroxylation is 2. The molecule has 2 amide bonds. The lowest BCUT2D eigenvalue weighted by molar-refractivity contribution is -0.140. The molecule has 2 bridgehead atoms. The van der Waals surface area contributed by atoms with Crippen LogP contribution in [0.15, 0.2) is 17.1 Å². The van der Waals surface area contributed by atoms with Gasteiger partial charge in [-0.3, -0.25) is 14.3 Å². The van der Waals surface area contributed by atoms with Crippen LogP contribution in [0.3, 0.4) is 0 Å². The van der Waals surface area contributed by atoms with E-state index in [1.54, 1.807) is 21.5 Å². The third kappa shape index (κ3) is 3.02. The second-order valence-electron chi connectivity index (χ2n) is 7.07. The molecular weight excluding hydrogens is 350 g/mol. The molecule has 0 aromatic carbocycles. The molecule has 5 rings (SSSR count). The first-order valence-electron chi connectivity index (χ1n) is 9.07. The molecule has 3 fully saturated rings. The van der Waals surface area contributed by atoms with E-state index in [0.29, 0.717) is 25.2 Å². The molecular formula is C18H23N5O2S. The molecule has 138 valence electrons. The highest BCUT2D eigenvalue weighted by Gasteiger charge is 2.42. The molecule has 2 aromatic rings. The van der Waals surface area contributed by atoms with Crippen molar-refractivity contribution < 1.29 is 9.59 Å². The summed E-state index contributed by atoms with van der Waals surface area (Å²) in [6, 6.07) is 0.0634. The Labute approximate surface area is 156 Å². The van der Waals surface area contributed by atoms with Crippen LogP contribution >= 0.6 is 11.3 Å². The SMILES string of the molecule is CCn1cc(C(=O)N2CC3CCC(C2)N(Cc2cscn2)C3=O)c(C)n1. The maximum Gasteiger partial charge on any atom is 0.257 e. The summed E-state index contributed by atoms with van der Waals surface area (Å²) in [4.78, 5) is 34.1. The van der Waals surface area contributed by atoms with E-state index >= 15 is 0 Å². The summed E-state index contributed by atoms with van der Waals surface area (Å²) in [5.41, 5.74) is 4.11. The average Bonchev–Trinajstić information content (AvgIpc) is 3.19. The van der Waals surface area contributed by atoms with Crippen molar-refractivity contribution in [1.82, 2.24) is 24.6 Å². The van der Waals surface area contributed by atoms with Gasteiger partial charge in [-0.25, -0.2) is 4.98 Å². The van der Waals surface area contributed by atoms with E-state index in [2.05, 4.69) is 10.1 Å². The Kier molecular flexibility index (Phi) is 4.52. The van der Waals surface area contributed by atoms with Crippen LogP contribution in [0.2, 0.25) is 0 Å². The van der Waals surface area contributed by atoms with Crippen LogP contribution in [0.1, 0.15) is 41.5 Å². The molecule has 2 unspecified atom stereocenters. The van der Waals surface area contributed by atoms with Gasteiger partial charge in [0.1, 0.15) is 0 Å². The van der Waals surface area contributed by atoms with E-state index in [1.165, 1.54) is 0 Å². The van der Waals surface area contributed by atoms with Gasteiger partial charge in [-0.1, -0.05) is 0 Å². The molecule has 0 aliphatic carbocycles. The Morgan fingerprint density at radius 1 is 1.35 bits per heavy atom. The number of nitrogens with zero attached hydrogens (tertiary/aromatic N) is 5. The summed E-state index contributed by atoms with van der Waals surface area (Å²) >= 11 is 1.54. The maximum absolute atomic E-state index is 13.1. The van der Waals surface area contributed by atoms with Gasteiger partial charge in [0.15, 0.2) is 0 Å². The number of thiazole rings is 1. The normalized spacial score (nSPS) is 22.8. The summed E-state index contributed by atoms with van der Waals surface area (Å²) in [5, 5.41) is 6.37. The van der Waals surface area contributed by atoms with Crippen LogP contribution in [-0.4, -0.2) is 55.5 Å². The predicted molar refractivity (Wildman–Crippen MR) is 97.7 cm³/mol. The fraction of sp³-hybridized carbons (Fsp3) is 0.556. The molecule has 0 radical (unpaired) electrons. The van der Waals surface area contributed by atoms with Crippen molar-refractivity contribution >= 4 is 23.2 Å². The molecule has 5 heterocycles. The fourth-order valence-electron chi connectivity index (χ4n) is 3.96. The summed E-state index contributed by atoms with van der Waals surface area (Å²) < 4.78 is 1.79. The summed E-state index contributed by atoms with van der Waals surface area (Å²) in [7, 11) is 0. The van der Waals surface area contributed by atoms with E-state index in [-0.39, 0.29) is 23.8 Å². The molecule has 3 aliphatic heterocycles. The van der Waals surface area contributed by atoms with E-state index in [4.69, 9.17) is 0 Å². The molecule has 26 heavy (non-hydrogen) atoms. The third-order valence-electron chi connectivity index (χ3n) is 5.40. The smallest absolute Gasteiger partial charge is 0.257 e. The van der Waals surface area contributed by atoms with Gasteiger partial charge >= 0.3 is 0 Å². The van der Waals surface area contributed by atoms with Gasteiger partial charge in [0.25, 0.3) is 5.91 Å². The standard InChI is InChI=1S/C18H23N5O2S/c1-3-22-9-16(12(2)20-22)18(25)21-6-13-4-5-15(8-21)23(17(13)24)7-14-10-26-11-19-14/h9-11,13,15H,3-8H2,1-2H3. The Morgan fingerprint density at radius 2 is 2.19 bits per heavy atom. The lowest BCUT2D eigenvalue weighted by Crippen LogP contribution is -2.47. The monoisotopic (exact) mass is 373 g/mol. The van der Waals surface area contributed by atoms with Crippen molar-refractivity contribution in [3.05, 3.63) is 34.0 Å². The lowest BCUT2D eigenvalue weighted by Gasteiger charge is -2.35. The topological polar surface area (TPSA) is 71.3 Å². The zero-order valence-corrected chi connectivity index (χ0v) is 15.9. The quantitative estimate of drug-likeness (QED) is 0.821. The molecule has 0 spiro atoms. The number of hydrogen-bond donors (Lipinski definition) is 0. The number of carbonyl (C=O) groups is 2. The largest absolute Gasteiger partial charge is 0.336 e. The van der Waals surface area contributed by atoms with Crippen LogP contribution in [0.4, 0.5) is 0 Å².